The molecule has 260 valence electrons. The first-order valence-corrected chi connectivity index (χ1v) is 17.5. The molecule has 50 heavy (non-hydrogen) atoms. The fourth-order valence-corrected chi connectivity index (χ4v) is 7.19. The molecule has 1 amide bonds. The van der Waals surface area contributed by atoms with Crippen LogP contribution in [0.2, 0.25) is 15.1 Å². The molecule has 3 heterocycles. The number of halogens is 3. The highest BCUT2D eigenvalue weighted by Crippen LogP contribution is 2.43. The lowest BCUT2D eigenvalue weighted by atomic mass is 9.99. The average Bonchev–Trinajstić information content (AvgIpc) is 3.53. The van der Waals surface area contributed by atoms with Crippen molar-refractivity contribution < 1.29 is 19.4 Å². The van der Waals surface area contributed by atoms with E-state index in [1.807, 2.05) is 60.7 Å². The number of amides is 1. The van der Waals surface area contributed by atoms with E-state index in [9.17, 15) is 9.90 Å². The highest BCUT2D eigenvalue weighted by molar-refractivity contribution is 6.39. The van der Waals surface area contributed by atoms with Crippen molar-refractivity contribution in [3.8, 4) is 45.1 Å². The number of fused-ring (bicyclic) bond motifs is 1. The van der Waals surface area contributed by atoms with E-state index in [1.165, 1.54) is 0 Å². The predicted octanol–water partition coefficient (Wildman–Crippen LogP) is 7.45. The summed E-state index contributed by atoms with van der Waals surface area (Å²) in [5, 5.41) is 21.4. The molecule has 3 aromatic carbocycles. The van der Waals surface area contributed by atoms with Gasteiger partial charge in [0.05, 0.1) is 52.3 Å². The molecule has 1 saturated heterocycles. The van der Waals surface area contributed by atoms with Crippen LogP contribution in [-0.4, -0.2) is 60.4 Å². The van der Waals surface area contributed by atoms with E-state index in [2.05, 4.69) is 20.9 Å². The molecule has 1 aliphatic heterocycles. The number of hydrogen-bond acceptors (Lipinski definition) is 8. The molecular formula is C38H38Cl3N5O4. The monoisotopic (exact) mass is 733 g/mol. The summed E-state index contributed by atoms with van der Waals surface area (Å²) in [4.78, 5) is 21.1. The molecule has 12 heteroatoms. The van der Waals surface area contributed by atoms with Crippen LogP contribution in [0.15, 0.2) is 66.9 Å². The predicted molar refractivity (Wildman–Crippen MR) is 200 cm³/mol. The number of aliphatic hydroxyl groups is 1. The second-order valence-electron chi connectivity index (χ2n) is 12.3. The van der Waals surface area contributed by atoms with E-state index in [0.717, 1.165) is 39.6 Å². The second kappa shape index (κ2) is 15.9. The normalized spacial score (nSPS) is 14.9. The number of nitrogens with zero attached hydrogens (tertiary/aromatic N) is 2. The third-order valence-corrected chi connectivity index (χ3v) is 9.80. The lowest BCUT2D eigenvalue weighted by Crippen LogP contribution is -2.35. The van der Waals surface area contributed by atoms with Crippen molar-refractivity contribution in [2.24, 2.45) is 0 Å². The zero-order chi connectivity index (χ0) is 35.4. The lowest BCUT2D eigenvalue weighted by molar-refractivity contribution is -0.119. The van der Waals surface area contributed by atoms with Crippen molar-refractivity contribution in [1.29, 1.82) is 0 Å². The summed E-state index contributed by atoms with van der Waals surface area (Å²) in [7, 11) is 3.25. The number of aromatic nitrogens is 2. The first-order chi connectivity index (χ1) is 24.2. The van der Waals surface area contributed by atoms with Crippen LogP contribution < -0.4 is 25.4 Å². The molecule has 0 radical (unpaired) electrons. The SMILES string of the molecule is COc1cc(-c2nccc(-c3cccc(-c4ccc5c(OC)c(CNC[C@@H](C)O)cc(Cl)c5n4)c3Cl)c2Cl)ccc1CNC[C@H]1CCC(=O)N1. The number of carbonyl (C=O) groups excluding carboxylic acids is 1. The quantitative estimate of drug-likeness (QED) is 0.0987. The largest absolute Gasteiger partial charge is 0.496 e. The number of nitrogens with one attached hydrogen (secondary N) is 3. The van der Waals surface area contributed by atoms with Gasteiger partial charge in [-0.05, 0) is 43.7 Å². The van der Waals surface area contributed by atoms with Crippen LogP contribution in [0, 0.1) is 0 Å². The molecule has 0 saturated carbocycles. The van der Waals surface area contributed by atoms with Crippen LogP contribution >= 0.6 is 34.8 Å². The summed E-state index contributed by atoms with van der Waals surface area (Å²) in [5.74, 6) is 1.47. The standard InChI is InChI=1S/C38H38Cl3N5O4/c1-21(47)17-42-19-24-15-30(39)37-29(38(24)50-3)10-11-31(46-37)28-6-4-5-26(34(28)40)27-13-14-44-36(35(27)41)22-7-8-23(32(16-22)49-2)18-43-20-25-9-12-33(48)45-25/h4-8,10-11,13-16,21,25,42-43,47H,9,12,17-20H2,1-3H3,(H,45,48)/t21-,25-/m1/s1. The Kier molecular flexibility index (Phi) is 11.4. The Morgan fingerprint density at radius 2 is 1.72 bits per heavy atom. The number of ether oxygens (including phenoxy) is 2. The fraction of sp³-hybridized carbons (Fsp3) is 0.289. The number of methoxy groups -OCH3 is 2. The molecular weight excluding hydrogens is 697 g/mol. The molecule has 5 aromatic rings. The molecule has 1 aliphatic rings. The van der Waals surface area contributed by atoms with Gasteiger partial charge in [-0.1, -0.05) is 65.1 Å². The molecule has 9 nitrogen and oxygen atoms in total. The zero-order valence-corrected chi connectivity index (χ0v) is 30.2. The molecule has 6 rings (SSSR count). The second-order valence-corrected chi connectivity index (χ2v) is 13.4. The van der Waals surface area contributed by atoms with Gasteiger partial charge in [0.25, 0.3) is 0 Å². The number of benzene rings is 3. The molecule has 2 aromatic heterocycles. The van der Waals surface area contributed by atoms with Gasteiger partial charge in [0.2, 0.25) is 5.91 Å². The van der Waals surface area contributed by atoms with Gasteiger partial charge >= 0.3 is 0 Å². The van der Waals surface area contributed by atoms with Crippen LogP contribution in [0.1, 0.15) is 30.9 Å². The van der Waals surface area contributed by atoms with Gasteiger partial charge in [-0.2, -0.15) is 0 Å². The fourth-order valence-electron chi connectivity index (χ4n) is 6.26. The van der Waals surface area contributed by atoms with Crippen molar-refractivity contribution in [1.82, 2.24) is 25.9 Å². The Bertz CT molecular complexity index is 2040. The summed E-state index contributed by atoms with van der Waals surface area (Å²) in [6, 6.07) is 19.3. The summed E-state index contributed by atoms with van der Waals surface area (Å²) < 4.78 is 11.5. The summed E-state index contributed by atoms with van der Waals surface area (Å²) in [5.41, 5.74) is 6.64. The smallest absolute Gasteiger partial charge is 0.220 e. The molecule has 0 bridgehead atoms. The van der Waals surface area contributed by atoms with Crippen LogP contribution in [0.3, 0.4) is 0 Å². The van der Waals surface area contributed by atoms with Gasteiger partial charge in [-0.3, -0.25) is 9.78 Å². The first-order valence-electron chi connectivity index (χ1n) is 16.3. The number of carbonyl (C=O) groups is 1. The third-order valence-electron chi connectivity index (χ3n) is 8.72. The van der Waals surface area contributed by atoms with Crippen molar-refractivity contribution in [3.63, 3.8) is 0 Å². The van der Waals surface area contributed by atoms with Crippen molar-refractivity contribution in [2.45, 2.75) is 45.0 Å². The maximum absolute atomic E-state index is 11.5. The third kappa shape index (κ3) is 7.68. The van der Waals surface area contributed by atoms with Crippen LogP contribution in [0.5, 0.6) is 11.5 Å². The highest BCUT2D eigenvalue weighted by Gasteiger charge is 2.21. The highest BCUT2D eigenvalue weighted by atomic mass is 35.5. The number of rotatable bonds is 13. The molecule has 0 spiro atoms. The van der Waals surface area contributed by atoms with Gasteiger partial charge in [0, 0.05) is 83.6 Å². The van der Waals surface area contributed by atoms with Gasteiger partial charge in [0.15, 0.2) is 0 Å². The molecule has 2 atom stereocenters. The van der Waals surface area contributed by atoms with E-state index >= 15 is 0 Å². The summed E-state index contributed by atoms with van der Waals surface area (Å²) in [6.07, 6.45) is 2.65. The number of aliphatic hydroxyl groups excluding tert-OH is 1. The van der Waals surface area contributed by atoms with Crippen LogP contribution in [0.4, 0.5) is 0 Å². The minimum atomic E-state index is -0.474. The summed E-state index contributed by atoms with van der Waals surface area (Å²) in [6.45, 7) is 3.91. The van der Waals surface area contributed by atoms with Crippen molar-refractivity contribution in [2.75, 3.05) is 27.3 Å². The molecule has 4 N–H and O–H groups in total. The Morgan fingerprint density at radius 3 is 2.46 bits per heavy atom. The van der Waals surface area contributed by atoms with Crippen molar-refractivity contribution >= 4 is 51.6 Å². The zero-order valence-electron chi connectivity index (χ0n) is 27.9. The van der Waals surface area contributed by atoms with E-state index < -0.39 is 6.10 Å². The van der Waals surface area contributed by atoms with Crippen LogP contribution in [0.25, 0.3) is 44.5 Å². The van der Waals surface area contributed by atoms with Gasteiger partial charge in [-0.15, -0.1) is 0 Å². The Balaban J connectivity index is 1.28. The molecule has 0 aliphatic carbocycles. The van der Waals surface area contributed by atoms with Gasteiger partial charge < -0.3 is 30.5 Å². The van der Waals surface area contributed by atoms with Gasteiger partial charge in [-0.25, -0.2) is 4.98 Å². The van der Waals surface area contributed by atoms with Crippen molar-refractivity contribution in [3.05, 3.63) is 93.1 Å². The number of pyridine rings is 2. The lowest BCUT2D eigenvalue weighted by Gasteiger charge is -2.16. The summed E-state index contributed by atoms with van der Waals surface area (Å²) >= 11 is 21.0. The Labute approximate surface area is 306 Å². The Hall–Kier alpha value is -3.96. The average molecular weight is 735 g/mol. The number of hydrogen-bond donors (Lipinski definition) is 4. The van der Waals surface area contributed by atoms with E-state index in [1.54, 1.807) is 27.3 Å². The maximum atomic E-state index is 11.5. The molecule has 0 unspecified atom stereocenters. The van der Waals surface area contributed by atoms with E-state index in [4.69, 9.17) is 49.3 Å². The minimum Gasteiger partial charge on any atom is -0.496 e. The Morgan fingerprint density at radius 1 is 0.940 bits per heavy atom. The minimum absolute atomic E-state index is 0.100. The maximum Gasteiger partial charge on any atom is 0.220 e. The topological polar surface area (TPSA) is 118 Å². The van der Waals surface area contributed by atoms with E-state index in [-0.39, 0.29) is 11.9 Å². The first kappa shape index (κ1) is 35.9. The molecule has 1 fully saturated rings. The van der Waals surface area contributed by atoms with Crippen LogP contribution in [-0.2, 0) is 17.9 Å². The van der Waals surface area contributed by atoms with E-state index in [0.29, 0.717) is 81.6 Å². The van der Waals surface area contributed by atoms with Gasteiger partial charge in [0.1, 0.15) is 11.5 Å².